The van der Waals surface area contributed by atoms with Gasteiger partial charge in [-0.25, -0.2) is 0 Å². The fourth-order valence-electron chi connectivity index (χ4n) is 1.79. The number of anilines is 1. The summed E-state index contributed by atoms with van der Waals surface area (Å²) in [6.07, 6.45) is 0.769. The molecular weight excluding hydrogens is 299 g/mol. The molecule has 0 aliphatic carbocycles. The molecule has 0 saturated carbocycles. The molecular formula is C12H10Cl2N6. The van der Waals surface area contributed by atoms with Crippen molar-refractivity contribution in [2.75, 3.05) is 11.9 Å². The van der Waals surface area contributed by atoms with Crippen LogP contribution in [0.1, 0.15) is 5.56 Å². The number of fused-ring (bicyclic) bond motifs is 1. The van der Waals surface area contributed by atoms with Gasteiger partial charge in [0.25, 0.3) is 0 Å². The maximum atomic E-state index is 6.12. The van der Waals surface area contributed by atoms with Crippen molar-refractivity contribution in [1.29, 1.82) is 0 Å². The van der Waals surface area contributed by atoms with E-state index in [2.05, 4.69) is 25.9 Å². The SMILES string of the molecule is Clc1ccc(CCNc2ccc3nnnn3n2)c(Cl)c1. The van der Waals surface area contributed by atoms with Crippen LogP contribution in [0, 0.1) is 0 Å². The Morgan fingerprint density at radius 3 is 2.90 bits per heavy atom. The first-order chi connectivity index (χ1) is 9.72. The minimum Gasteiger partial charge on any atom is -0.368 e. The minimum absolute atomic E-state index is 0.608. The number of hydrogen-bond donors (Lipinski definition) is 1. The molecule has 0 fully saturated rings. The zero-order valence-electron chi connectivity index (χ0n) is 10.3. The third-order valence-electron chi connectivity index (χ3n) is 2.79. The molecule has 3 aromatic rings. The first kappa shape index (κ1) is 13.1. The predicted molar refractivity (Wildman–Crippen MR) is 77.2 cm³/mol. The number of rotatable bonds is 4. The molecule has 8 heteroatoms. The quantitative estimate of drug-likeness (QED) is 0.802. The summed E-state index contributed by atoms with van der Waals surface area (Å²) < 4.78 is 1.37. The van der Waals surface area contributed by atoms with Crippen molar-refractivity contribution in [3.05, 3.63) is 45.9 Å². The normalized spacial score (nSPS) is 10.9. The summed E-state index contributed by atoms with van der Waals surface area (Å²) >= 11 is 12.0. The molecule has 102 valence electrons. The van der Waals surface area contributed by atoms with Crippen LogP contribution in [0.15, 0.2) is 30.3 Å². The zero-order chi connectivity index (χ0) is 13.9. The molecule has 0 saturated heterocycles. The van der Waals surface area contributed by atoms with Crippen molar-refractivity contribution < 1.29 is 0 Å². The van der Waals surface area contributed by atoms with Gasteiger partial charge in [-0.1, -0.05) is 29.3 Å². The Balaban J connectivity index is 1.64. The van der Waals surface area contributed by atoms with E-state index < -0.39 is 0 Å². The Hall–Kier alpha value is -1.92. The molecule has 0 bridgehead atoms. The molecule has 1 N–H and O–H groups in total. The Morgan fingerprint density at radius 2 is 2.05 bits per heavy atom. The summed E-state index contributed by atoms with van der Waals surface area (Å²) in [6, 6.07) is 9.11. The average molecular weight is 309 g/mol. The second-order valence-electron chi connectivity index (χ2n) is 4.16. The number of halogens is 2. The molecule has 0 spiro atoms. The Morgan fingerprint density at radius 1 is 1.15 bits per heavy atom. The van der Waals surface area contributed by atoms with Crippen LogP contribution in [-0.4, -0.2) is 31.8 Å². The third-order valence-corrected chi connectivity index (χ3v) is 3.37. The molecule has 20 heavy (non-hydrogen) atoms. The van der Waals surface area contributed by atoms with Crippen LogP contribution >= 0.6 is 23.2 Å². The van der Waals surface area contributed by atoms with Gasteiger partial charge >= 0.3 is 0 Å². The van der Waals surface area contributed by atoms with Gasteiger partial charge in [-0.2, -0.15) is 0 Å². The Bertz CT molecular complexity index is 742. The molecule has 0 aliphatic heterocycles. The lowest BCUT2D eigenvalue weighted by Gasteiger charge is -2.07. The number of nitrogens with one attached hydrogen (secondary N) is 1. The highest BCUT2D eigenvalue weighted by molar-refractivity contribution is 6.35. The highest BCUT2D eigenvalue weighted by Gasteiger charge is 2.03. The van der Waals surface area contributed by atoms with Crippen LogP contribution in [-0.2, 0) is 6.42 Å². The van der Waals surface area contributed by atoms with Crippen molar-refractivity contribution >= 4 is 34.7 Å². The fraction of sp³-hybridized carbons (Fsp3) is 0.167. The number of nitrogens with zero attached hydrogens (tertiary/aromatic N) is 5. The van der Waals surface area contributed by atoms with Gasteiger partial charge in [-0.3, -0.25) is 0 Å². The van der Waals surface area contributed by atoms with Crippen LogP contribution in [0.4, 0.5) is 5.82 Å². The van der Waals surface area contributed by atoms with Crippen LogP contribution in [0.3, 0.4) is 0 Å². The molecule has 0 amide bonds. The van der Waals surface area contributed by atoms with Crippen molar-refractivity contribution in [3.63, 3.8) is 0 Å². The average Bonchev–Trinajstić information content (AvgIpc) is 2.89. The second kappa shape index (κ2) is 5.60. The van der Waals surface area contributed by atoms with E-state index in [0.29, 0.717) is 28.1 Å². The lowest BCUT2D eigenvalue weighted by Crippen LogP contribution is -2.08. The molecule has 3 rings (SSSR count). The maximum Gasteiger partial charge on any atom is 0.200 e. The van der Waals surface area contributed by atoms with Crippen molar-refractivity contribution in [2.24, 2.45) is 0 Å². The molecule has 2 aromatic heterocycles. The molecule has 0 unspecified atom stereocenters. The zero-order valence-corrected chi connectivity index (χ0v) is 11.8. The van der Waals surface area contributed by atoms with E-state index >= 15 is 0 Å². The lowest BCUT2D eigenvalue weighted by atomic mass is 10.1. The lowest BCUT2D eigenvalue weighted by molar-refractivity contribution is 0.733. The van der Waals surface area contributed by atoms with Gasteiger partial charge < -0.3 is 5.32 Å². The number of aromatic nitrogens is 5. The van der Waals surface area contributed by atoms with Crippen LogP contribution in [0.2, 0.25) is 10.0 Å². The molecule has 6 nitrogen and oxygen atoms in total. The van der Waals surface area contributed by atoms with Crippen molar-refractivity contribution in [1.82, 2.24) is 25.3 Å². The van der Waals surface area contributed by atoms with Gasteiger partial charge in [0.05, 0.1) is 0 Å². The summed E-state index contributed by atoms with van der Waals surface area (Å²) in [6.45, 7) is 0.696. The van der Waals surface area contributed by atoms with E-state index in [1.54, 1.807) is 12.1 Å². The van der Waals surface area contributed by atoms with Gasteiger partial charge in [0, 0.05) is 16.6 Å². The predicted octanol–water partition coefficient (Wildman–Crippen LogP) is 2.48. The summed E-state index contributed by atoms with van der Waals surface area (Å²) in [4.78, 5) is 0. The topological polar surface area (TPSA) is 68.0 Å². The summed E-state index contributed by atoms with van der Waals surface area (Å²) in [5.74, 6) is 0.704. The Labute approximate surface area is 124 Å². The van der Waals surface area contributed by atoms with Gasteiger partial charge in [-0.05, 0) is 46.7 Å². The van der Waals surface area contributed by atoms with E-state index in [1.807, 2.05) is 18.2 Å². The van der Waals surface area contributed by atoms with E-state index in [9.17, 15) is 0 Å². The number of benzene rings is 1. The smallest absolute Gasteiger partial charge is 0.200 e. The summed E-state index contributed by atoms with van der Waals surface area (Å²) in [5.41, 5.74) is 1.64. The molecule has 0 atom stereocenters. The van der Waals surface area contributed by atoms with Crippen molar-refractivity contribution in [2.45, 2.75) is 6.42 Å². The highest BCUT2D eigenvalue weighted by Crippen LogP contribution is 2.21. The molecule has 1 aromatic carbocycles. The molecule has 2 heterocycles. The van der Waals surface area contributed by atoms with Crippen molar-refractivity contribution in [3.8, 4) is 0 Å². The summed E-state index contributed by atoms with van der Waals surface area (Å²) in [5, 5.41) is 19.8. The molecule has 0 aliphatic rings. The maximum absolute atomic E-state index is 6.12. The molecule has 0 radical (unpaired) electrons. The van der Waals surface area contributed by atoms with E-state index in [4.69, 9.17) is 23.2 Å². The Kier molecular flexibility index (Phi) is 3.66. The van der Waals surface area contributed by atoms with Gasteiger partial charge in [0.2, 0.25) is 0 Å². The third kappa shape index (κ3) is 2.81. The van der Waals surface area contributed by atoms with E-state index in [-0.39, 0.29) is 0 Å². The monoisotopic (exact) mass is 308 g/mol. The van der Waals surface area contributed by atoms with Crippen LogP contribution < -0.4 is 5.32 Å². The largest absolute Gasteiger partial charge is 0.368 e. The van der Waals surface area contributed by atoms with E-state index in [1.165, 1.54) is 4.63 Å². The van der Waals surface area contributed by atoms with Crippen LogP contribution in [0.25, 0.3) is 5.65 Å². The second-order valence-corrected chi connectivity index (χ2v) is 5.00. The first-order valence-electron chi connectivity index (χ1n) is 5.95. The number of tetrazole rings is 1. The first-order valence-corrected chi connectivity index (χ1v) is 6.71. The fourth-order valence-corrected chi connectivity index (χ4v) is 2.30. The van der Waals surface area contributed by atoms with E-state index in [0.717, 1.165) is 12.0 Å². The van der Waals surface area contributed by atoms with Gasteiger partial charge in [0.15, 0.2) is 5.65 Å². The minimum atomic E-state index is 0.608. The van der Waals surface area contributed by atoms with Crippen LogP contribution in [0.5, 0.6) is 0 Å². The number of hydrogen-bond acceptors (Lipinski definition) is 5. The standard InChI is InChI=1S/C12H10Cl2N6/c13-9-2-1-8(10(14)7-9)5-6-15-11-3-4-12-16-18-19-20(12)17-11/h1-4,7H,5-6H2,(H,15,17). The van der Waals surface area contributed by atoms with Gasteiger partial charge in [0.1, 0.15) is 5.82 Å². The highest BCUT2D eigenvalue weighted by atomic mass is 35.5. The summed E-state index contributed by atoms with van der Waals surface area (Å²) in [7, 11) is 0. The van der Waals surface area contributed by atoms with Gasteiger partial charge in [-0.15, -0.1) is 14.8 Å².